The van der Waals surface area contributed by atoms with Crippen molar-refractivity contribution in [3.8, 4) is 11.5 Å². The molecule has 0 atom stereocenters. The zero-order valence-electron chi connectivity index (χ0n) is 22.8. The van der Waals surface area contributed by atoms with Crippen molar-refractivity contribution in [1.29, 1.82) is 0 Å². The molecule has 3 heterocycles. The number of nitrogens with zero attached hydrogens (tertiary/aromatic N) is 5. The van der Waals surface area contributed by atoms with E-state index in [0.717, 1.165) is 40.1 Å². The van der Waals surface area contributed by atoms with Crippen LogP contribution in [-0.2, 0) is 21.2 Å². The van der Waals surface area contributed by atoms with E-state index >= 15 is 0 Å². The van der Waals surface area contributed by atoms with Gasteiger partial charge in [-0.3, -0.25) is 4.79 Å². The van der Waals surface area contributed by atoms with E-state index < -0.39 is 10.0 Å². The van der Waals surface area contributed by atoms with E-state index in [1.807, 2.05) is 55.5 Å². The second kappa shape index (κ2) is 11.6. The molecule has 0 saturated carbocycles. The molecular weight excluding hydrogens is 558 g/mol. The standard InChI is InChI=1S/C30H31N5O4S2/c1-22-4-10-25(11-5-22)39-26-12-6-23(7-13-26)21-28-31-30(40-32-28)33-17-19-34(20-18-33)41(37,38)27-14-8-24(9-15-27)35-16-2-3-29(35)36/h4-15H,2-3,16-21H2,1H3. The summed E-state index contributed by atoms with van der Waals surface area (Å²) in [6.07, 6.45) is 1.98. The van der Waals surface area contributed by atoms with Crippen molar-refractivity contribution in [3.63, 3.8) is 0 Å². The molecule has 41 heavy (non-hydrogen) atoms. The smallest absolute Gasteiger partial charge is 0.243 e. The molecular formula is C30H31N5O4S2. The maximum Gasteiger partial charge on any atom is 0.243 e. The fourth-order valence-corrected chi connectivity index (χ4v) is 7.19. The first kappa shape index (κ1) is 27.4. The second-order valence-electron chi connectivity index (χ2n) is 10.3. The summed E-state index contributed by atoms with van der Waals surface area (Å²) in [7, 11) is -3.62. The highest BCUT2D eigenvalue weighted by Gasteiger charge is 2.30. The minimum atomic E-state index is -3.62. The van der Waals surface area contributed by atoms with E-state index in [-0.39, 0.29) is 10.8 Å². The quantitative estimate of drug-likeness (QED) is 0.289. The van der Waals surface area contributed by atoms with Crippen LogP contribution in [0.2, 0.25) is 0 Å². The molecule has 2 saturated heterocycles. The number of piperazine rings is 1. The van der Waals surface area contributed by atoms with Gasteiger partial charge in [0, 0.05) is 62.8 Å². The average molecular weight is 590 g/mol. The number of carbonyl (C=O) groups excluding carboxylic acids is 1. The summed E-state index contributed by atoms with van der Waals surface area (Å²) in [5.41, 5.74) is 3.02. The Balaban J connectivity index is 1.03. The van der Waals surface area contributed by atoms with Gasteiger partial charge in [0.25, 0.3) is 0 Å². The molecule has 2 aliphatic heterocycles. The van der Waals surface area contributed by atoms with Gasteiger partial charge in [0.15, 0.2) is 0 Å². The summed E-state index contributed by atoms with van der Waals surface area (Å²) in [5, 5.41) is 0.802. The number of aryl methyl sites for hydroxylation is 1. The van der Waals surface area contributed by atoms with Gasteiger partial charge in [-0.05, 0) is 67.4 Å². The predicted molar refractivity (Wildman–Crippen MR) is 159 cm³/mol. The first-order valence-electron chi connectivity index (χ1n) is 13.7. The summed E-state index contributed by atoms with van der Waals surface area (Å²) in [4.78, 5) is 20.8. The molecule has 9 nitrogen and oxygen atoms in total. The number of hydrogen-bond acceptors (Lipinski definition) is 8. The van der Waals surface area contributed by atoms with Gasteiger partial charge in [-0.15, -0.1) is 0 Å². The van der Waals surface area contributed by atoms with Gasteiger partial charge < -0.3 is 14.5 Å². The number of sulfonamides is 1. The van der Waals surface area contributed by atoms with Crippen LogP contribution < -0.4 is 14.5 Å². The minimum absolute atomic E-state index is 0.0814. The summed E-state index contributed by atoms with van der Waals surface area (Å²) in [6.45, 7) is 4.54. The van der Waals surface area contributed by atoms with Crippen molar-refractivity contribution in [2.75, 3.05) is 42.5 Å². The Morgan fingerprint density at radius 1 is 0.854 bits per heavy atom. The molecule has 0 spiro atoms. The fourth-order valence-electron chi connectivity index (χ4n) is 5.03. The normalized spacial score (nSPS) is 16.4. The van der Waals surface area contributed by atoms with Crippen LogP contribution in [0.4, 0.5) is 10.8 Å². The van der Waals surface area contributed by atoms with Crippen LogP contribution in [0, 0.1) is 6.92 Å². The van der Waals surface area contributed by atoms with Gasteiger partial charge in [-0.25, -0.2) is 13.4 Å². The zero-order chi connectivity index (χ0) is 28.4. The molecule has 0 unspecified atom stereocenters. The van der Waals surface area contributed by atoms with E-state index in [9.17, 15) is 13.2 Å². The average Bonchev–Trinajstić information content (AvgIpc) is 3.64. The molecule has 2 fully saturated rings. The number of benzene rings is 3. The monoisotopic (exact) mass is 589 g/mol. The lowest BCUT2D eigenvalue weighted by Crippen LogP contribution is -2.48. The second-order valence-corrected chi connectivity index (χ2v) is 12.9. The number of hydrogen-bond donors (Lipinski definition) is 0. The van der Waals surface area contributed by atoms with Gasteiger partial charge in [-0.1, -0.05) is 29.8 Å². The largest absolute Gasteiger partial charge is 0.457 e. The molecule has 3 aromatic carbocycles. The van der Waals surface area contributed by atoms with E-state index in [2.05, 4.69) is 9.27 Å². The molecule has 0 aliphatic carbocycles. The van der Waals surface area contributed by atoms with E-state index in [0.29, 0.717) is 45.6 Å². The molecule has 11 heteroatoms. The maximum absolute atomic E-state index is 13.3. The molecule has 0 radical (unpaired) electrons. The number of amides is 1. The molecule has 2 aliphatic rings. The van der Waals surface area contributed by atoms with Crippen molar-refractivity contribution in [2.45, 2.75) is 31.1 Å². The fraction of sp³-hybridized carbons (Fsp3) is 0.300. The summed E-state index contributed by atoms with van der Waals surface area (Å²) in [6, 6.07) is 22.5. The third-order valence-corrected chi connectivity index (χ3v) is 10.1. The number of ether oxygens (including phenoxy) is 1. The SMILES string of the molecule is Cc1ccc(Oc2ccc(Cc3nsc(N4CCN(S(=O)(=O)c5ccc(N6CCCC6=O)cc5)CC4)n3)cc2)cc1. The Labute approximate surface area is 244 Å². The molecule has 6 rings (SSSR count). The molecule has 4 aromatic rings. The summed E-state index contributed by atoms with van der Waals surface area (Å²) in [5.74, 6) is 2.40. The van der Waals surface area contributed by atoms with Crippen LogP contribution in [0.25, 0.3) is 0 Å². The van der Waals surface area contributed by atoms with Crippen LogP contribution in [0.1, 0.15) is 29.8 Å². The van der Waals surface area contributed by atoms with Crippen molar-refractivity contribution >= 4 is 38.3 Å². The zero-order valence-corrected chi connectivity index (χ0v) is 24.4. The highest BCUT2D eigenvalue weighted by Crippen LogP contribution is 2.27. The van der Waals surface area contributed by atoms with Crippen LogP contribution >= 0.6 is 11.5 Å². The maximum atomic E-state index is 13.3. The van der Waals surface area contributed by atoms with Gasteiger partial charge in [0.05, 0.1) is 4.90 Å². The number of anilines is 2. The van der Waals surface area contributed by atoms with Crippen LogP contribution in [-0.4, -0.2) is 60.7 Å². The minimum Gasteiger partial charge on any atom is -0.457 e. The molecule has 0 N–H and O–H groups in total. The lowest BCUT2D eigenvalue weighted by Gasteiger charge is -2.33. The van der Waals surface area contributed by atoms with Crippen molar-refractivity contribution < 1.29 is 17.9 Å². The van der Waals surface area contributed by atoms with Gasteiger partial charge in [-0.2, -0.15) is 8.68 Å². The number of rotatable bonds is 8. The van der Waals surface area contributed by atoms with Crippen molar-refractivity contribution in [2.24, 2.45) is 0 Å². The van der Waals surface area contributed by atoms with Crippen molar-refractivity contribution in [3.05, 3.63) is 89.7 Å². The molecule has 212 valence electrons. The lowest BCUT2D eigenvalue weighted by atomic mass is 10.1. The third kappa shape index (κ3) is 6.12. The van der Waals surface area contributed by atoms with Gasteiger partial charge in [0.2, 0.25) is 21.1 Å². The third-order valence-electron chi connectivity index (χ3n) is 7.37. The Morgan fingerprint density at radius 3 is 2.15 bits per heavy atom. The summed E-state index contributed by atoms with van der Waals surface area (Å²) < 4.78 is 38.5. The van der Waals surface area contributed by atoms with E-state index in [4.69, 9.17) is 9.72 Å². The van der Waals surface area contributed by atoms with Crippen LogP contribution in [0.5, 0.6) is 11.5 Å². The lowest BCUT2D eigenvalue weighted by molar-refractivity contribution is -0.117. The topological polar surface area (TPSA) is 95.9 Å². The van der Waals surface area contributed by atoms with E-state index in [1.54, 1.807) is 29.2 Å². The number of carbonyl (C=O) groups is 1. The van der Waals surface area contributed by atoms with Crippen molar-refractivity contribution in [1.82, 2.24) is 13.7 Å². The summed E-state index contributed by atoms with van der Waals surface area (Å²) >= 11 is 1.34. The first-order valence-corrected chi connectivity index (χ1v) is 15.9. The Kier molecular flexibility index (Phi) is 7.74. The molecule has 1 aromatic heterocycles. The highest BCUT2D eigenvalue weighted by molar-refractivity contribution is 7.89. The first-order chi connectivity index (χ1) is 19.8. The van der Waals surface area contributed by atoms with Gasteiger partial charge in [0.1, 0.15) is 17.3 Å². The van der Waals surface area contributed by atoms with E-state index in [1.165, 1.54) is 21.4 Å². The van der Waals surface area contributed by atoms with Crippen LogP contribution in [0.15, 0.2) is 77.7 Å². The highest BCUT2D eigenvalue weighted by atomic mass is 32.2. The van der Waals surface area contributed by atoms with Crippen LogP contribution in [0.3, 0.4) is 0 Å². The van der Waals surface area contributed by atoms with Gasteiger partial charge >= 0.3 is 0 Å². The molecule has 1 amide bonds. The number of aromatic nitrogens is 2. The Morgan fingerprint density at radius 2 is 1.51 bits per heavy atom. The molecule has 0 bridgehead atoms. The Hall–Kier alpha value is -3.80. The Bertz CT molecular complexity index is 1610. The predicted octanol–water partition coefficient (Wildman–Crippen LogP) is 4.87.